The first-order chi connectivity index (χ1) is 12.2. The molecular weight excluding hydrogens is 346 g/mol. The van der Waals surface area contributed by atoms with E-state index in [4.69, 9.17) is 4.99 Å². The molecule has 0 bridgehead atoms. The van der Waals surface area contributed by atoms with Crippen LogP contribution in [0.5, 0.6) is 0 Å². The average molecular weight is 378 g/mol. The molecule has 5 nitrogen and oxygen atoms in total. The van der Waals surface area contributed by atoms with Crippen LogP contribution in [0.15, 0.2) is 29.3 Å². The number of aliphatic imine (C=N–C) groups is 1. The lowest BCUT2D eigenvalue weighted by atomic mass is 9.92. The van der Waals surface area contributed by atoms with Crippen LogP contribution in [-0.4, -0.2) is 56.0 Å². The number of guanidine groups is 1. The maximum Gasteiger partial charge on any atom is 0.194 e. The molecule has 1 aromatic rings. The first-order valence-electron chi connectivity index (χ1n) is 9.52. The normalized spacial score (nSPS) is 23.5. The Kier molecular flexibility index (Phi) is 5.08. The molecule has 6 heteroatoms. The van der Waals surface area contributed by atoms with Crippen molar-refractivity contribution in [1.29, 1.82) is 0 Å². The Bertz CT molecular complexity index is 795. The second-order valence-corrected chi connectivity index (χ2v) is 11.0. The van der Waals surface area contributed by atoms with Gasteiger partial charge in [0, 0.05) is 25.0 Å². The van der Waals surface area contributed by atoms with E-state index in [0.717, 1.165) is 19.0 Å². The van der Waals surface area contributed by atoms with Gasteiger partial charge < -0.3 is 10.2 Å². The Morgan fingerprint density at radius 3 is 2.54 bits per heavy atom. The van der Waals surface area contributed by atoms with Gasteiger partial charge in [-0.1, -0.05) is 24.3 Å². The largest absolute Gasteiger partial charge is 0.357 e. The predicted molar refractivity (Wildman–Crippen MR) is 108 cm³/mol. The van der Waals surface area contributed by atoms with Crippen molar-refractivity contribution in [2.75, 3.05) is 31.9 Å². The number of hydrogen-bond acceptors (Lipinski definition) is 3. The van der Waals surface area contributed by atoms with Crippen LogP contribution in [-0.2, 0) is 15.3 Å². The molecule has 26 heavy (non-hydrogen) atoms. The second kappa shape index (κ2) is 6.87. The summed E-state index contributed by atoms with van der Waals surface area (Å²) in [5, 5.41) is 3.36. The van der Waals surface area contributed by atoms with Crippen LogP contribution < -0.4 is 5.32 Å². The topological polar surface area (TPSA) is 61.8 Å². The van der Waals surface area contributed by atoms with Gasteiger partial charge in [-0.15, -0.1) is 0 Å². The van der Waals surface area contributed by atoms with Crippen molar-refractivity contribution in [3.05, 3.63) is 35.4 Å². The molecule has 1 saturated carbocycles. The maximum atomic E-state index is 12.3. The molecular formula is C20H31N3O2S. The van der Waals surface area contributed by atoms with Gasteiger partial charge in [0.1, 0.15) is 0 Å². The van der Waals surface area contributed by atoms with Crippen LogP contribution in [0, 0.1) is 6.92 Å². The molecule has 0 amide bonds. The third-order valence-electron chi connectivity index (χ3n) is 5.78. The Morgan fingerprint density at radius 1 is 1.27 bits per heavy atom. The molecule has 144 valence electrons. The number of hydrogen-bond donors (Lipinski definition) is 1. The van der Waals surface area contributed by atoms with Crippen molar-refractivity contribution in [2.45, 2.75) is 50.7 Å². The van der Waals surface area contributed by atoms with Crippen LogP contribution in [0.3, 0.4) is 0 Å². The van der Waals surface area contributed by atoms with E-state index in [0.29, 0.717) is 13.1 Å². The van der Waals surface area contributed by atoms with E-state index in [2.05, 4.69) is 48.3 Å². The van der Waals surface area contributed by atoms with Crippen molar-refractivity contribution in [3.8, 4) is 0 Å². The highest BCUT2D eigenvalue weighted by Gasteiger charge is 2.45. The zero-order chi connectivity index (χ0) is 19.0. The fourth-order valence-corrected chi connectivity index (χ4v) is 5.17. The minimum absolute atomic E-state index is 0.156. The lowest BCUT2D eigenvalue weighted by molar-refractivity contribution is 0.353. The lowest BCUT2D eigenvalue weighted by Crippen LogP contribution is -2.57. The Balaban J connectivity index is 1.80. The van der Waals surface area contributed by atoms with Crippen LogP contribution >= 0.6 is 0 Å². The van der Waals surface area contributed by atoms with E-state index in [-0.39, 0.29) is 11.2 Å². The Hall–Kier alpha value is -1.56. The second-order valence-electron chi connectivity index (χ2n) is 8.27. The SMILES string of the molecule is CCNC(=NCC1(c2ccccc2C)CC1)N1CCS(=O)(=O)C(C)(C)C1. The molecule has 1 aromatic carbocycles. The van der Waals surface area contributed by atoms with Gasteiger partial charge in [0.05, 0.1) is 17.0 Å². The average Bonchev–Trinajstić information content (AvgIpc) is 3.35. The summed E-state index contributed by atoms with van der Waals surface area (Å²) in [5.74, 6) is 1.03. The highest BCUT2D eigenvalue weighted by atomic mass is 32.2. The molecule has 3 rings (SSSR count). The van der Waals surface area contributed by atoms with Crippen LogP contribution in [0.4, 0.5) is 0 Å². The summed E-state index contributed by atoms with van der Waals surface area (Å²) in [5.41, 5.74) is 2.89. The van der Waals surface area contributed by atoms with E-state index in [1.165, 1.54) is 24.0 Å². The molecule has 1 aliphatic carbocycles. The van der Waals surface area contributed by atoms with Gasteiger partial charge in [-0.25, -0.2) is 8.42 Å². The smallest absolute Gasteiger partial charge is 0.194 e. The number of sulfone groups is 1. The quantitative estimate of drug-likeness (QED) is 0.647. The molecule has 0 radical (unpaired) electrons. The fourth-order valence-electron chi connectivity index (χ4n) is 3.81. The molecule has 0 aromatic heterocycles. The number of benzene rings is 1. The molecule has 0 unspecified atom stereocenters. The van der Waals surface area contributed by atoms with Crippen LogP contribution in [0.25, 0.3) is 0 Å². The van der Waals surface area contributed by atoms with Crippen molar-refractivity contribution < 1.29 is 8.42 Å². The lowest BCUT2D eigenvalue weighted by Gasteiger charge is -2.39. The zero-order valence-corrected chi connectivity index (χ0v) is 17.2. The molecule has 2 fully saturated rings. The van der Waals surface area contributed by atoms with Gasteiger partial charge in [-0.3, -0.25) is 4.99 Å². The minimum atomic E-state index is -3.05. The van der Waals surface area contributed by atoms with Gasteiger partial charge in [0.25, 0.3) is 0 Å². The Morgan fingerprint density at radius 2 is 1.96 bits per heavy atom. The van der Waals surface area contributed by atoms with Gasteiger partial charge in [-0.05, 0) is 51.7 Å². The van der Waals surface area contributed by atoms with Crippen molar-refractivity contribution in [3.63, 3.8) is 0 Å². The predicted octanol–water partition coefficient (Wildman–Crippen LogP) is 2.50. The molecule has 2 aliphatic rings. The summed E-state index contributed by atoms with van der Waals surface area (Å²) in [7, 11) is -3.05. The summed E-state index contributed by atoms with van der Waals surface area (Å²) in [4.78, 5) is 7.05. The van der Waals surface area contributed by atoms with Crippen LogP contribution in [0.1, 0.15) is 44.7 Å². The summed E-state index contributed by atoms with van der Waals surface area (Å²) in [6.07, 6.45) is 2.33. The van der Waals surface area contributed by atoms with E-state index >= 15 is 0 Å². The van der Waals surface area contributed by atoms with Crippen molar-refractivity contribution in [2.24, 2.45) is 4.99 Å². The fraction of sp³-hybridized carbons (Fsp3) is 0.650. The van der Waals surface area contributed by atoms with Crippen LogP contribution in [0.2, 0.25) is 0 Å². The highest BCUT2D eigenvalue weighted by molar-refractivity contribution is 7.92. The van der Waals surface area contributed by atoms with E-state index in [9.17, 15) is 8.42 Å². The minimum Gasteiger partial charge on any atom is -0.357 e. The number of aryl methyl sites for hydroxylation is 1. The third kappa shape index (κ3) is 3.61. The monoisotopic (exact) mass is 377 g/mol. The van der Waals surface area contributed by atoms with Crippen molar-refractivity contribution >= 4 is 15.8 Å². The molecule has 1 heterocycles. The summed E-state index contributed by atoms with van der Waals surface area (Å²) >= 11 is 0. The zero-order valence-electron chi connectivity index (χ0n) is 16.4. The van der Waals surface area contributed by atoms with E-state index in [1.807, 2.05) is 13.8 Å². The molecule has 1 saturated heterocycles. The van der Waals surface area contributed by atoms with Gasteiger partial charge in [0.2, 0.25) is 0 Å². The third-order valence-corrected chi connectivity index (χ3v) is 8.31. The van der Waals surface area contributed by atoms with Crippen molar-refractivity contribution in [1.82, 2.24) is 10.2 Å². The van der Waals surface area contributed by atoms with Gasteiger partial charge in [-0.2, -0.15) is 0 Å². The highest BCUT2D eigenvalue weighted by Crippen LogP contribution is 2.49. The molecule has 1 N–H and O–H groups in total. The number of nitrogens with one attached hydrogen (secondary N) is 1. The van der Waals surface area contributed by atoms with Gasteiger partial charge in [0.15, 0.2) is 15.8 Å². The number of rotatable bonds is 4. The molecule has 0 spiro atoms. The first kappa shape index (κ1) is 19.2. The summed E-state index contributed by atoms with van der Waals surface area (Å²) in [6.45, 7) is 10.4. The van der Waals surface area contributed by atoms with E-state index < -0.39 is 14.6 Å². The molecule has 0 atom stereocenters. The molecule has 1 aliphatic heterocycles. The first-order valence-corrected chi connectivity index (χ1v) is 11.2. The maximum absolute atomic E-state index is 12.3. The summed E-state index contributed by atoms with van der Waals surface area (Å²) in [6, 6.07) is 8.58. The Labute approximate surface area is 157 Å². The van der Waals surface area contributed by atoms with E-state index in [1.54, 1.807) is 0 Å². The summed E-state index contributed by atoms with van der Waals surface area (Å²) < 4.78 is 23.8. The standard InChI is InChI=1S/C20H31N3O2S/c1-5-21-18(23-12-13-26(24,25)19(3,4)15-23)22-14-20(10-11-20)17-9-7-6-8-16(17)2/h6-9H,5,10-15H2,1-4H3,(H,21,22). The van der Waals surface area contributed by atoms with Gasteiger partial charge >= 0.3 is 0 Å². The number of nitrogens with zero attached hydrogens (tertiary/aromatic N) is 2.